The number of carbonyl (C=O) groups is 8. The summed E-state index contributed by atoms with van der Waals surface area (Å²) in [7, 11) is -0.312. The Kier molecular flexibility index (Phi) is 52.3. The summed E-state index contributed by atoms with van der Waals surface area (Å²) in [6, 6.07) is -7.94. The number of amides is 8. The van der Waals surface area contributed by atoms with Gasteiger partial charge in [-0.05, 0) is 147 Å². The first-order chi connectivity index (χ1) is 61.9. The third-order valence-electron chi connectivity index (χ3n) is 20.7. The van der Waals surface area contributed by atoms with Crippen LogP contribution in [0.25, 0.3) is 0 Å². The second kappa shape index (κ2) is 59.8. The van der Waals surface area contributed by atoms with Gasteiger partial charge >= 0.3 is 29.1 Å². The summed E-state index contributed by atoms with van der Waals surface area (Å²) in [4.78, 5) is 141. The summed E-state index contributed by atoms with van der Waals surface area (Å²) in [5.74, 6) is -6.90. The number of aliphatic imine (C=N–C) groups is 6. The van der Waals surface area contributed by atoms with E-state index in [1.54, 1.807) is 77.2 Å². The molecule has 4 rings (SSSR count). The Morgan fingerprint density at radius 3 is 1.00 bits per heavy atom. The maximum Gasteiger partial charge on any atom is 0.409 e. The van der Waals surface area contributed by atoms with Crippen LogP contribution in [-0.4, -0.2) is 419 Å². The van der Waals surface area contributed by atoms with Gasteiger partial charge < -0.3 is 163 Å². The van der Waals surface area contributed by atoms with E-state index in [0.29, 0.717) is 13.0 Å². The Hall–Kier alpha value is -8.77. The van der Waals surface area contributed by atoms with Crippen molar-refractivity contribution in [1.29, 1.82) is 0 Å². The van der Waals surface area contributed by atoms with Crippen LogP contribution in [-0.2, 0) is 89.2 Å². The predicted octanol–water partition coefficient (Wildman–Crippen LogP) is -7.93. The number of ether oxygens (including phenoxy) is 6. The van der Waals surface area contributed by atoms with Crippen LogP contribution in [0.4, 0.5) is 4.79 Å². The number of hydrogen-bond donors (Lipinski definition) is 20. The van der Waals surface area contributed by atoms with Crippen molar-refractivity contribution in [2.75, 3.05) is 220 Å². The van der Waals surface area contributed by atoms with Crippen LogP contribution in [0.15, 0.2) is 30.0 Å². The third kappa shape index (κ3) is 42.1. The van der Waals surface area contributed by atoms with Crippen LogP contribution in [0.5, 0.6) is 0 Å². The molecule has 3 unspecified atom stereocenters. The fourth-order valence-electron chi connectivity index (χ4n) is 14.2. The number of hydrogen-bond acceptors (Lipinski definition) is 28. The van der Waals surface area contributed by atoms with Gasteiger partial charge in [0.1, 0.15) is 36.8 Å². The van der Waals surface area contributed by atoms with Crippen LogP contribution < -0.4 is 106 Å². The maximum atomic E-state index is 15.4. The first-order valence-corrected chi connectivity index (χ1v) is 48.3. The Morgan fingerprint density at radius 2 is 0.679 bits per heavy atom. The lowest BCUT2D eigenvalue weighted by Crippen LogP contribution is -2.59. The molecule has 0 bridgehead atoms. The molecule has 131 heavy (non-hydrogen) atoms. The molecule has 4 saturated heterocycles. The van der Waals surface area contributed by atoms with Crippen molar-refractivity contribution in [2.24, 2.45) is 98.8 Å². The van der Waals surface area contributed by atoms with Crippen LogP contribution in [0.2, 0.25) is 0 Å². The maximum absolute atomic E-state index is 15.4. The van der Waals surface area contributed by atoms with Crippen molar-refractivity contribution in [3.05, 3.63) is 0 Å². The van der Waals surface area contributed by atoms with E-state index in [1.165, 1.54) is 23.8 Å². The first kappa shape index (κ1) is 115. The van der Waals surface area contributed by atoms with Gasteiger partial charge in [0.05, 0.1) is 102 Å². The molecule has 15 atom stereocenters. The van der Waals surface area contributed by atoms with Gasteiger partial charge in [0.25, 0.3) is 0 Å². The normalized spacial score (nSPS) is 20.8. The SMILES string of the molecule is CN[C@@H](CCCN=C(N)N)C(=O)N[C@@H](CCCN=C(N)N)C(=O)N[C@@H](CCCN=C(N)N)C(=O)N[C@@H](CCCN=C(N)N)C(=O)N[C@@H](CCCN=C(N)N)C(=O)N[C@@H](CCCN=C(N)N)C(=O)NCC(=O)N1C[C@@H](COP(=O)(N(C)C)N2C[C@@H](COP(=O)(N(C)C)N3C[C@@H](COP(=O)(N(C)C)N4CCN(C(=O)OCCOCCOCCO)CC4)O[C@@H](C)C3)O[C@@H](C)C2)O[C@@H](C)C1. The molecule has 4 aliphatic rings. The molecule has 0 aliphatic carbocycles. The van der Waals surface area contributed by atoms with Crippen molar-refractivity contribution in [2.45, 2.75) is 171 Å². The molecule has 4 fully saturated rings. The highest BCUT2D eigenvalue weighted by Gasteiger charge is 2.47. The number of aliphatic hydroxyl groups excluding tert-OH is 1. The van der Waals surface area contributed by atoms with Crippen LogP contribution in [0, 0.1) is 0 Å². The molecule has 4 aliphatic heterocycles. The molecule has 0 aromatic rings. The van der Waals surface area contributed by atoms with Gasteiger partial charge in [-0.1, -0.05) is 0 Å². The number of nitrogens with zero attached hydrogens (tertiary/aromatic N) is 14. The number of piperazine rings is 1. The number of nitrogens with two attached hydrogens (primary N) is 12. The molecule has 0 aromatic heterocycles. The molecule has 4 heterocycles. The topological polar surface area (TPSA) is 788 Å². The molecular weight excluding hydrogens is 1780 g/mol. The minimum absolute atomic E-state index is 0.00292. The van der Waals surface area contributed by atoms with E-state index in [0.717, 1.165) is 0 Å². The second-order valence-corrected chi connectivity index (χ2v) is 40.0. The number of likely N-dealkylation sites (N-methyl/N-ethyl adjacent to an activating group) is 1. The predicted molar refractivity (Wildman–Crippen MR) is 493 cm³/mol. The summed E-state index contributed by atoms with van der Waals surface area (Å²) in [6.07, 6.45) is -3.98. The van der Waals surface area contributed by atoms with Crippen molar-refractivity contribution in [1.82, 2.24) is 75.0 Å². The fraction of sp³-hybridized carbons (Fsp3) is 0.811. The summed E-state index contributed by atoms with van der Waals surface area (Å²) in [5, 5.41) is 28.0. The molecule has 32 N–H and O–H groups in total. The Morgan fingerprint density at radius 1 is 0.389 bits per heavy atom. The lowest BCUT2D eigenvalue weighted by Gasteiger charge is -2.45. The first-order valence-electron chi connectivity index (χ1n) is 43.7. The molecular formula is C74H150N33O21P3. The largest absolute Gasteiger partial charge is 0.447 e. The second-order valence-electron chi connectivity index (χ2n) is 32.2. The minimum atomic E-state index is -3.97. The average molecular weight is 1930 g/mol. The molecule has 0 spiro atoms. The molecule has 54 nitrogen and oxygen atoms in total. The van der Waals surface area contributed by atoms with Gasteiger partial charge in [0, 0.05) is 105 Å². The fourth-order valence-corrected chi connectivity index (χ4v) is 20.3. The number of morpholine rings is 3. The highest BCUT2D eigenvalue weighted by molar-refractivity contribution is 7.54. The van der Waals surface area contributed by atoms with Gasteiger partial charge in [-0.25, -0.2) is 32.8 Å². The van der Waals surface area contributed by atoms with Crippen molar-refractivity contribution >= 4 is 106 Å². The number of rotatable bonds is 61. The third-order valence-corrected chi connectivity index (χ3v) is 28.3. The minimum Gasteiger partial charge on any atom is -0.447 e. The highest BCUT2D eigenvalue weighted by Crippen LogP contribution is 2.57. The monoisotopic (exact) mass is 1930 g/mol. The molecule has 0 saturated carbocycles. The van der Waals surface area contributed by atoms with Gasteiger partial charge in [-0.3, -0.25) is 77.2 Å². The van der Waals surface area contributed by atoms with E-state index in [-0.39, 0.29) is 264 Å². The van der Waals surface area contributed by atoms with Gasteiger partial charge in [0.15, 0.2) is 35.8 Å². The molecule has 57 heteroatoms. The zero-order valence-electron chi connectivity index (χ0n) is 77.4. The zero-order chi connectivity index (χ0) is 97.6. The lowest BCUT2D eigenvalue weighted by atomic mass is 10.0. The highest BCUT2D eigenvalue weighted by atomic mass is 31.2. The molecule has 0 radical (unpaired) electrons. The summed E-state index contributed by atoms with van der Waals surface area (Å²) in [6.45, 7) is 6.32. The van der Waals surface area contributed by atoms with Crippen LogP contribution in [0.1, 0.15) is 97.8 Å². The average Bonchev–Trinajstić information content (AvgIpc) is 0.784. The number of carbonyl (C=O) groups excluding carboxylic acids is 8. The van der Waals surface area contributed by atoms with Crippen LogP contribution >= 0.6 is 23.0 Å². The molecule has 8 amide bonds. The Balaban J connectivity index is 1.50. The van der Waals surface area contributed by atoms with E-state index in [1.807, 2.05) is 6.92 Å². The van der Waals surface area contributed by atoms with E-state index in [4.69, 9.17) is 116 Å². The van der Waals surface area contributed by atoms with Crippen molar-refractivity contribution < 1.29 is 99.2 Å². The molecule has 752 valence electrons. The van der Waals surface area contributed by atoms with Gasteiger partial charge in [-0.2, -0.15) is 0 Å². The number of guanidine groups is 6. The van der Waals surface area contributed by atoms with Gasteiger partial charge in [-0.15, -0.1) is 0 Å². The molecule has 0 aromatic carbocycles. The summed E-state index contributed by atoms with van der Waals surface area (Å²) < 4.78 is 109. The van der Waals surface area contributed by atoms with E-state index in [2.05, 4.69) is 67.2 Å². The number of nitrogens with one attached hydrogen (secondary N) is 7. The quantitative estimate of drug-likeness (QED) is 0.0116. The van der Waals surface area contributed by atoms with E-state index < -0.39 is 150 Å². The summed E-state index contributed by atoms with van der Waals surface area (Å²) in [5.41, 5.74) is 67.3. The lowest BCUT2D eigenvalue weighted by molar-refractivity contribution is -0.147. The van der Waals surface area contributed by atoms with E-state index in [9.17, 15) is 42.9 Å². The van der Waals surface area contributed by atoms with Gasteiger partial charge in [0.2, 0.25) is 41.4 Å². The zero-order valence-corrected chi connectivity index (χ0v) is 80.1. The Labute approximate surface area is 766 Å². The van der Waals surface area contributed by atoms with Crippen molar-refractivity contribution in [3.8, 4) is 0 Å². The van der Waals surface area contributed by atoms with E-state index >= 15 is 9.13 Å². The van der Waals surface area contributed by atoms with Crippen molar-refractivity contribution in [3.63, 3.8) is 0 Å². The summed E-state index contributed by atoms with van der Waals surface area (Å²) >= 11 is 0. The standard InChI is InChI=1S/C74H150N33O21P3/c1-49-40-104(43-52(126-49)46-124-130(118,101(7)8)106-41-51(3)128-54(45-106)48-125-131(119,102(9)10)107-42-50(2)127-53(44-107)47-123-129(117,100(5)6)105-31-29-103(30-32-105)74(116)122-38-37-121-36-35-120-34-33-108)61(109)39-94-62(110)56(18-12-24-89-69(77)78)95-64(112)58(20-14-26-91-71(81)82)97-66(114)60(22-16-28-93-73(85)86)99-67(115)59(21-15-27-92-72(83)84)98-65(113)57(19-13-25-90-70(79)80)96-63(111)55(87-4)17-11-23-88-68(75)76/h49-60,87,108H,11-48H2,1-10H3,(H,94,110)(H,95,112)(H,96,111)(H,97,114)(H,98,113)(H,99,115)(H4,75,76,88)(H4,77,78,89)(H4,79,80,90)(H4,81,82,91)(H4,83,84,92)(H4,85,86,93)/t49-,50-,51-,52-,53-,54-,55-,56-,57-,58-,59-,60-,129?,130?,131?/m0/s1. The number of aliphatic hydroxyl groups is 1. The smallest absolute Gasteiger partial charge is 0.409 e. The van der Waals surface area contributed by atoms with Crippen LogP contribution in [0.3, 0.4) is 0 Å². The Bertz CT molecular complexity index is 3870.